The van der Waals surface area contributed by atoms with E-state index in [0.29, 0.717) is 4.96 Å². The standard InChI is InChI=1S/C13H13N3O3S3/c1-8-7-16-12(17)11(9(2)15-13(16)21-8)22(18,19)14-6-10-4-3-5-20-10/h3-5,7,14H,6H2,1-2H3. The van der Waals surface area contributed by atoms with Crippen molar-refractivity contribution in [3.05, 3.63) is 49.5 Å². The zero-order valence-electron chi connectivity index (χ0n) is 11.9. The molecule has 0 atom stereocenters. The van der Waals surface area contributed by atoms with Crippen LogP contribution in [0.1, 0.15) is 15.4 Å². The van der Waals surface area contributed by atoms with Crippen LogP contribution in [-0.2, 0) is 16.6 Å². The van der Waals surface area contributed by atoms with Crippen LogP contribution in [0.3, 0.4) is 0 Å². The Morgan fingerprint density at radius 2 is 2.14 bits per heavy atom. The molecule has 0 spiro atoms. The lowest BCUT2D eigenvalue weighted by molar-refractivity contribution is 0.578. The number of thiophene rings is 1. The number of nitrogens with one attached hydrogen (secondary N) is 1. The summed E-state index contributed by atoms with van der Waals surface area (Å²) in [6.45, 7) is 3.54. The fourth-order valence-corrected chi connectivity index (χ4v) is 4.95. The number of nitrogens with zero attached hydrogens (tertiary/aromatic N) is 2. The lowest BCUT2D eigenvalue weighted by atomic mass is 10.4. The van der Waals surface area contributed by atoms with E-state index in [0.717, 1.165) is 9.75 Å². The van der Waals surface area contributed by atoms with Crippen molar-refractivity contribution in [1.29, 1.82) is 0 Å². The van der Waals surface area contributed by atoms with Gasteiger partial charge in [-0.25, -0.2) is 18.1 Å². The Hall–Kier alpha value is -1.55. The molecule has 22 heavy (non-hydrogen) atoms. The average Bonchev–Trinajstić information content (AvgIpc) is 3.05. The van der Waals surface area contributed by atoms with Crippen molar-refractivity contribution in [2.24, 2.45) is 0 Å². The molecule has 116 valence electrons. The molecular formula is C13H13N3O3S3. The number of aromatic nitrogens is 2. The van der Waals surface area contributed by atoms with Gasteiger partial charge in [0.2, 0.25) is 10.0 Å². The van der Waals surface area contributed by atoms with Gasteiger partial charge in [-0.15, -0.1) is 22.7 Å². The van der Waals surface area contributed by atoms with Crippen molar-refractivity contribution >= 4 is 37.7 Å². The van der Waals surface area contributed by atoms with Crippen LogP contribution in [0, 0.1) is 13.8 Å². The van der Waals surface area contributed by atoms with E-state index >= 15 is 0 Å². The summed E-state index contributed by atoms with van der Waals surface area (Å²) in [6, 6.07) is 3.67. The first-order chi connectivity index (χ1) is 10.4. The second-order valence-electron chi connectivity index (χ2n) is 4.73. The van der Waals surface area contributed by atoms with Gasteiger partial charge >= 0.3 is 0 Å². The Kier molecular flexibility index (Phi) is 3.89. The van der Waals surface area contributed by atoms with Crippen LogP contribution >= 0.6 is 22.7 Å². The summed E-state index contributed by atoms with van der Waals surface area (Å²) in [5.41, 5.74) is -0.351. The highest BCUT2D eigenvalue weighted by Crippen LogP contribution is 2.17. The number of fused-ring (bicyclic) bond motifs is 1. The van der Waals surface area contributed by atoms with E-state index in [1.807, 2.05) is 24.4 Å². The summed E-state index contributed by atoms with van der Waals surface area (Å²) in [5.74, 6) is 0. The summed E-state index contributed by atoms with van der Waals surface area (Å²) >= 11 is 2.80. The molecule has 9 heteroatoms. The zero-order valence-corrected chi connectivity index (χ0v) is 14.3. The average molecular weight is 355 g/mol. The van der Waals surface area contributed by atoms with Gasteiger partial charge < -0.3 is 0 Å². The summed E-state index contributed by atoms with van der Waals surface area (Å²) in [7, 11) is -3.91. The topological polar surface area (TPSA) is 80.5 Å². The predicted octanol–water partition coefficient (Wildman–Crippen LogP) is 1.91. The van der Waals surface area contributed by atoms with Crippen molar-refractivity contribution in [2.45, 2.75) is 25.3 Å². The van der Waals surface area contributed by atoms with Crippen LogP contribution < -0.4 is 10.3 Å². The lowest BCUT2D eigenvalue weighted by Crippen LogP contribution is -2.31. The molecule has 0 aliphatic carbocycles. The minimum Gasteiger partial charge on any atom is -0.267 e. The van der Waals surface area contributed by atoms with E-state index in [2.05, 4.69) is 9.71 Å². The lowest BCUT2D eigenvalue weighted by Gasteiger charge is -2.07. The minimum atomic E-state index is -3.91. The van der Waals surface area contributed by atoms with Crippen LogP contribution in [0.5, 0.6) is 0 Å². The molecule has 6 nitrogen and oxygen atoms in total. The molecule has 0 amide bonds. The summed E-state index contributed by atoms with van der Waals surface area (Å²) in [6.07, 6.45) is 1.60. The summed E-state index contributed by atoms with van der Waals surface area (Å²) in [5, 5.41) is 1.87. The first-order valence-electron chi connectivity index (χ1n) is 6.40. The van der Waals surface area contributed by atoms with E-state index in [1.165, 1.54) is 34.0 Å². The van der Waals surface area contributed by atoms with Gasteiger partial charge in [0, 0.05) is 22.5 Å². The smallest absolute Gasteiger partial charge is 0.267 e. The van der Waals surface area contributed by atoms with Gasteiger partial charge in [0.25, 0.3) is 5.56 Å². The maximum absolute atomic E-state index is 12.5. The number of sulfonamides is 1. The van der Waals surface area contributed by atoms with E-state index in [-0.39, 0.29) is 17.1 Å². The fraction of sp³-hybridized carbons (Fsp3) is 0.231. The quantitative estimate of drug-likeness (QED) is 0.775. The first-order valence-corrected chi connectivity index (χ1v) is 9.58. The Morgan fingerprint density at radius 1 is 1.36 bits per heavy atom. The normalized spacial score (nSPS) is 12.1. The highest BCUT2D eigenvalue weighted by molar-refractivity contribution is 7.89. The Bertz CT molecular complexity index is 985. The van der Waals surface area contributed by atoms with Gasteiger partial charge in [-0.1, -0.05) is 6.07 Å². The SMILES string of the molecule is Cc1cn2c(=O)c(S(=O)(=O)NCc3cccs3)c(C)nc2s1. The summed E-state index contributed by atoms with van der Waals surface area (Å²) in [4.78, 5) is 18.7. The van der Waals surface area contributed by atoms with Crippen molar-refractivity contribution in [1.82, 2.24) is 14.1 Å². The van der Waals surface area contributed by atoms with Crippen LogP contribution in [0.25, 0.3) is 4.96 Å². The third-order valence-corrected chi connectivity index (χ3v) is 6.37. The van der Waals surface area contributed by atoms with Gasteiger partial charge in [0.05, 0.1) is 5.69 Å². The van der Waals surface area contributed by atoms with Crippen molar-refractivity contribution in [3.8, 4) is 0 Å². The molecule has 3 aromatic rings. The van der Waals surface area contributed by atoms with E-state index < -0.39 is 15.6 Å². The number of rotatable bonds is 4. The number of hydrogen-bond acceptors (Lipinski definition) is 6. The van der Waals surface area contributed by atoms with Gasteiger partial charge in [0.1, 0.15) is 0 Å². The number of aryl methyl sites for hydroxylation is 2. The maximum Gasteiger partial charge on any atom is 0.279 e. The Labute approximate surface area is 135 Å². The molecular weight excluding hydrogens is 342 g/mol. The van der Waals surface area contributed by atoms with Crippen LogP contribution in [0.4, 0.5) is 0 Å². The van der Waals surface area contributed by atoms with Crippen LogP contribution in [0.2, 0.25) is 0 Å². The molecule has 0 aliphatic rings. The van der Waals surface area contributed by atoms with E-state index in [4.69, 9.17) is 0 Å². The highest BCUT2D eigenvalue weighted by Gasteiger charge is 2.24. The molecule has 0 saturated carbocycles. The molecule has 3 rings (SSSR count). The fourth-order valence-electron chi connectivity index (χ4n) is 2.10. The third kappa shape index (κ3) is 2.72. The number of hydrogen-bond donors (Lipinski definition) is 1. The van der Waals surface area contributed by atoms with Gasteiger partial charge in [-0.2, -0.15) is 0 Å². The molecule has 0 bridgehead atoms. The second-order valence-corrected chi connectivity index (χ2v) is 8.68. The van der Waals surface area contributed by atoms with E-state index in [1.54, 1.807) is 6.20 Å². The van der Waals surface area contributed by atoms with Gasteiger partial charge in [-0.05, 0) is 25.3 Å². The van der Waals surface area contributed by atoms with Crippen LogP contribution in [-0.4, -0.2) is 17.8 Å². The molecule has 0 aliphatic heterocycles. The molecule has 0 fully saturated rings. The summed E-state index contributed by atoms with van der Waals surface area (Å²) < 4.78 is 28.7. The molecule has 1 N–H and O–H groups in total. The molecule has 3 heterocycles. The second kappa shape index (κ2) is 5.58. The Balaban J connectivity index is 2.06. The first kappa shape index (κ1) is 15.3. The minimum absolute atomic E-state index is 0.157. The zero-order chi connectivity index (χ0) is 15.9. The van der Waals surface area contributed by atoms with E-state index in [9.17, 15) is 13.2 Å². The Morgan fingerprint density at radius 3 is 2.82 bits per heavy atom. The molecule has 0 unspecified atom stereocenters. The molecule has 3 aromatic heterocycles. The molecule has 0 aromatic carbocycles. The third-order valence-electron chi connectivity index (χ3n) is 3.06. The predicted molar refractivity (Wildman–Crippen MR) is 87.2 cm³/mol. The van der Waals surface area contributed by atoms with Crippen molar-refractivity contribution in [2.75, 3.05) is 0 Å². The largest absolute Gasteiger partial charge is 0.279 e. The molecule has 0 radical (unpaired) electrons. The van der Waals surface area contributed by atoms with Crippen molar-refractivity contribution < 1.29 is 8.42 Å². The van der Waals surface area contributed by atoms with Crippen LogP contribution in [0.15, 0.2) is 33.4 Å². The highest BCUT2D eigenvalue weighted by atomic mass is 32.2. The monoisotopic (exact) mass is 355 g/mol. The van der Waals surface area contributed by atoms with Gasteiger partial charge in [-0.3, -0.25) is 9.20 Å². The van der Waals surface area contributed by atoms with Gasteiger partial charge in [0.15, 0.2) is 9.86 Å². The van der Waals surface area contributed by atoms with Crippen molar-refractivity contribution in [3.63, 3.8) is 0 Å². The number of thiazole rings is 1. The molecule has 0 saturated heterocycles. The maximum atomic E-state index is 12.5.